The van der Waals surface area contributed by atoms with Gasteiger partial charge in [0.15, 0.2) is 34.5 Å². The van der Waals surface area contributed by atoms with Gasteiger partial charge in [-0.3, -0.25) is 0 Å². The van der Waals surface area contributed by atoms with Crippen LogP contribution < -0.4 is 44.2 Å². The van der Waals surface area contributed by atoms with E-state index in [-0.39, 0.29) is 189 Å². The first kappa shape index (κ1) is 114. The topological polar surface area (TPSA) is 371 Å². The summed E-state index contributed by atoms with van der Waals surface area (Å²) in [5.41, 5.74) is 7.39. The number of hydrogen-bond donors (Lipinski definition) is 5. The van der Waals surface area contributed by atoms with E-state index in [9.17, 15) is 29.7 Å². The number of amides is 1. The highest BCUT2D eigenvalue weighted by Crippen LogP contribution is 2.66. The molecule has 4 aliphatic rings. The lowest BCUT2D eigenvalue weighted by molar-refractivity contribution is -0.147. The lowest BCUT2D eigenvalue weighted by Gasteiger charge is -2.65. The van der Waals surface area contributed by atoms with E-state index in [1.807, 2.05) is 95.2 Å². The molecule has 4 aromatic carbocycles. The van der Waals surface area contributed by atoms with Crippen LogP contribution in [-0.2, 0) is 97.3 Å². The number of alkyl carbamates (subject to hydrolysis) is 1. The third-order valence-electron chi connectivity index (χ3n) is 19.0. The van der Waals surface area contributed by atoms with Crippen LogP contribution in [0.3, 0.4) is 0 Å². The van der Waals surface area contributed by atoms with Crippen molar-refractivity contribution in [3.05, 3.63) is 82.9 Å². The van der Waals surface area contributed by atoms with Crippen molar-refractivity contribution in [3.63, 3.8) is 0 Å². The molecule has 3 atom stereocenters. The summed E-state index contributed by atoms with van der Waals surface area (Å²) in [6.07, 6.45) is 6.35. The van der Waals surface area contributed by atoms with Gasteiger partial charge in [0, 0.05) is 16.9 Å². The molecule has 728 valence electrons. The average Bonchev–Trinajstić information content (AvgIpc) is 0.711. The Morgan fingerprint density at radius 2 is 0.764 bits per heavy atom. The Morgan fingerprint density at radius 1 is 0.417 bits per heavy atom. The lowest BCUT2D eigenvalue weighted by atomic mass is 9.43. The number of methoxy groups -OCH3 is 1. The molecule has 32 nitrogen and oxygen atoms in total. The smallest absolute Gasteiger partial charge is 0.407 e. The summed E-state index contributed by atoms with van der Waals surface area (Å²) in [4.78, 5) is 37.6. The van der Waals surface area contributed by atoms with Gasteiger partial charge in [0.1, 0.15) is 77.0 Å². The number of alkyl halides is 1. The number of nitrogens with one attached hydrogen (secondary N) is 1. The van der Waals surface area contributed by atoms with Crippen LogP contribution in [-0.4, -0.2) is 280 Å². The Kier molecular flexibility index (Phi) is 53.4. The Morgan fingerprint density at radius 3 is 1.12 bits per heavy atom. The molecule has 8 rings (SSSR count). The number of esters is 2. The van der Waals surface area contributed by atoms with Gasteiger partial charge in [-0.25, -0.2) is 14.4 Å². The number of benzene rings is 4. The SMILES string of the molecule is C.C.C.CC(C)(C)OCCOCCOCCOc1cc(CBr)cc(OCCOCCOCCOC(C)(C)C)c1OCCOCCOC(=O)C(N)c1ccc(O)c(O)c1.COC(=O)c1cc(O)cc(OCc2cc(OCCOCCOCCOC(C)(C)C)c(OCCOCCOC(=O)NC34CC5CC(C)(CC(C)(C5)C3)C4)c(OCCOCCOCCOC(C)(C)C)c2)c1. The molecule has 0 heterocycles. The van der Waals surface area contributed by atoms with E-state index in [0.717, 1.165) is 24.8 Å². The highest BCUT2D eigenvalue weighted by molar-refractivity contribution is 9.08. The molecular weight excluding hydrogens is 1720 g/mol. The second-order valence-electron chi connectivity index (χ2n) is 35.1. The number of ether oxygens (including phenoxy) is 24. The molecule has 4 aromatic rings. The number of phenolic OH excluding ortho intramolecular Hbond substituents is 3. The molecule has 3 unspecified atom stereocenters. The van der Waals surface area contributed by atoms with Gasteiger partial charge in [-0.05, 0) is 204 Å². The minimum atomic E-state index is -1.14. The summed E-state index contributed by atoms with van der Waals surface area (Å²) in [7, 11) is 1.26. The Labute approximate surface area is 764 Å². The first-order chi connectivity index (χ1) is 59.0. The molecule has 0 aromatic heterocycles. The van der Waals surface area contributed by atoms with Gasteiger partial charge < -0.3 is 140 Å². The van der Waals surface area contributed by atoms with Crippen molar-refractivity contribution >= 4 is 34.0 Å². The fourth-order valence-electron chi connectivity index (χ4n) is 14.8. The Balaban J connectivity index is 0.000000657. The van der Waals surface area contributed by atoms with Crippen LogP contribution in [0.5, 0.6) is 57.5 Å². The Bertz CT molecular complexity index is 3590. The van der Waals surface area contributed by atoms with Gasteiger partial charge in [0.2, 0.25) is 11.5 Å². The normalized spacial score (nSPS) is 17.2. The largest absolute Gasteiger partial charge is 0.508 e. The van der Waals surface area contributed by atoms with Gasteiger partial charge in [0.25, 0.3) is 0 Å². The number of hydrogen-bond acceptors (Lipinski definition) is 31. The maximum Gasteiger partial charge on any atom is 0.407 e. The molecule has 4 saturated carbocycles. The number of nitrogens with two attached hydrogens (primary N) is 1. The van der Waals surface area contributed by atoms with Crippen LogP contribution in [0.15, 0.2) is 60.7 Å². The van der Waals surface area contributed by atoms with Gasteiger partial charge in [0.05, 0.1) is 194 Å². The molecule has 0 saturated heterocycles. The molecule has 127 heavy (non-hydrogen) atoms. The monoisotopic (exact) mass is 1870 g/mol. The number of halogens is 1. The summed E-state index contributed by atoms with van der Waals surface area (Å²) < 4.78 is 138. The standard InChI is InChI=1S/C52H81NO16.C39H62BrNO14.3CH4/c1-48(2,3)68-24-18-60-12-10-58-14-20-63-43-26-38(34-67-42-29-40(46(55)57-9)28-41(54)30-42)27-44(64-21-15-59-11-13-61-19-25-69-49(4,5)6)45(43)65-22-16-62-17-23-66-47(56)53-52-33-39-31-50(7,36-52)35-51(8,32-39)37-52;1-38(2,3)54-23-17-47-11-9-45-13-19-50-33-25-29(28-40)26-34(51-20-14-46-10-12-48-18-24-55-39(4,5)6)36(33)52-21-15-49-16-22-53-37(44)35(41)30-7-8-31(42)32(43)27-30;;;/h26-30,39,54H,10-25,31-37H2,1-9H3,(H,53,56);7-8,25-27,35,42-43H,9-24,28,41H2,1-6H3;3*1H4. The minimum absolute atomic E-state index is 0. The van der Waals surface area contributed by atoms with Crippen molar-refractivity contribution in [2.24, 2.45) is 22.5 Å². The fourth-order valence-corrected chi connectivity index (χ4v) is 15.1. The van der Waals surface area contributed by atoms with E-state index in [0.29, 0.717) is 176 Å². The molecule has 4 fully saturated rings. The number of aromatic hydroxyl groups is 3. The van der Waals surface area contributed by atoms with E-state index in [4.69, 9.17) is 119 Å². The van der Waals surface area contributed by atoms with Crippen molar-refractivity contribution in [1.82, 2.24) is 5.32 Å². The van der Waals surface area contributed by atoms with Crippen LogP contribution in [0.25, 0.3) is 0 Å². The maximum absolute atomic E-state index is 13.0. The van der Waals surface area contributed by atoms with Crippen molar-refractivity contribution in [2.75, 3.05) is 219 Å². The zero-order valence-electron chi connectivity index (χ0n) is 76.0. The average molecular weight is 1870 g/mol. The summed E-state index contributed by atoms with van der Waals surface area (Å²) >= 11 is 3.52. The Hall–Kier alpha value is -7.03. The fraction of sp³-hybridized carbons (Fsp3) is 0.713. The van der Waals surface area contributed by atoms with Gasteiger partial charge in [-0.2, -0.15) is 0 Å². The van der Waals surface area contributed by atoms with Crippen molar-refractivity contribution < 1.29 is 143 Å². The highest BCUT2D eigenvalue weighted by Gasteiger charge is 2.61. The predicted molar refractivity (Wildman–Crippen MR) is 486 cm³/mol. The van der Waals surface area contributed by atoms with Crippen molar-refractivity contribution in [1.29, 1.82) is 0 Å². The molecule has 33 heteroatoms. The summed E-state index contributed by atoms with van der Waals surface area (Å²) in [6.45, 7) is 38.8. The van der Waals surface area contributed by atoms with Gasteiger partial charge >= 0.3 is 18.0 Å². The molecule has 1 amide bonds. The highest BCUT2D eigenvalue weighted by atomic mass is 79.9. The molecule has 0 radical (unpaired) electrons. The number of rotatable bonds is 62. The molecular formula is C94H155BrN2O30. The van der Waals surface area contributed by atoms with Gasteiger partial charge in [-0.15, -0.1) is 0 Å². The second-order valence-corrected chi connectivity index (χ2v) is 35.7. The lowest BCUT2D eigenvalue weighted by Crippen LogP contribution is -2.65. The minimum Gasteiger partial charge on any atom is -0.508 e. The first-order valence-corrected chi connectivity index (χ1v) is 44.0. The molecule has 0 aliphatic heterocycles. The van der Waals surface area contributed by atoms with Crippen LogP contribution in [0, 0.1) is 16.7 Å². The van der Waals surface area contributed by atoms with Crippen molar-refractivity contribution in [2.45, 2.75) is 204 Å². The zero-order valence-corrected chi connectivity index (χ0v) is 77.6. The van der Waals surface area contributed by atoms with E-state index in [1.54, 1.807) is 12.1 Å². The third-order valence-corrected chi connectivity index (χ3v) is 19.6. The van der Waals surface area contributed by atoms with E-state index < -0.39 is 24.1 Å². The van der Waals surface area contributed by atoms with E-state index >= 15 is 0 Å². The van der Waals surface area contributed by atoms with Crippen LogP contribution >= 0.6 is 15.9 Å². The van der Waals surface area contributed by atoms with Crippen LogP contribution in [0.1, 0.15) is 191 Å². The molecule has 0 spiro atoms. The van der Waals surface area contributed by atoms with Crippen molar-refractivity contribution in [3.8, 4) is 57.5 Å². The molecule has 4 bridgehead atoms. The number of phenols is 3. The second kappa shape index (κ2) is 59.4. The summed E-state index contributed by atoms with van der Waals surface area (Å²) in [5.74, 6) is 1.11. The van der Waals surface area contributed by atoms with Gasteiger partial charge in [-0.1, -0.05) is 58.1 Å². The number of carbonyl (C=O) groups is 3. The van der Waals surface area contributed by atoms with E-state index in [2.05, 4.69) is 35.1 Å². The van der Waals surface area contributed by atoms with Crippen LogP contribution in [0.4, 0.5) is 4.79 Å². The van der Waals surface area contributed by atoms with Crippen LogP contribution in [0.2, 0.25) is 0 Å². The van der Waals surface area contributed by atoms with E-state index in [1.165, 1.54) is 62.8 Å². The quantitative estimate of drug-likeness (QED) is 0.00901. The molecule has 4 aliphatic carbocycles. The summed E-state index contributed by atoms with van der Waals surface area (Å²) in [5, 5.41) is 33.3. The number of carbonyl (C=O) groups excluding carboxylic acids is 3. The predicted octanol–water partition coefficient (Wildman–Crippen LogP) is 15.1. The summed E-state index contributed by atoms with van der Waals surface area (Å²) in [6, 6.07) is 14.2. The molecule has 6 N–H and O–H groups in total. The first-order valence-electron chi connectivity index (χ1n) is 42.9. The maximum atomic E-state index is 13.0. The zero-order chi connectivity index (χ0) is 90.5. The third kappa shape index (κ3) is 47.6.